The average Bonchev–Trinajstić information content (AvgIpc) is 2.91. The van der Waals surface area contributed by atoms with E-state index in [1.807, 2.05) is 19.9 Å². The van der Waals surface area contributed by atoms with Crippen molar-refractivity contribution >= 4 is 33.0 Å². The van der Waals surface area contributed by atoms with Crippen molar-refractivity contribution in [3.05, 3.63) is 41.5 Å². The minimum atomic E-state index is -0.355. The molecule has 0 saturated heterocycles. The zero-order chi connectivity index (χ0) is 16.8. The van der Waals surface area contributed by atoms with E-state index in [2.05, 4.69) is 10.2 Å². The second-order valence-corrected chi connectivity index (χ2v) is 6.28. The minimum Gasteiger partial charge on any atom is -0.462 e. The molecule has 0 radical (unpaired) electrons. The highest BCUT2D eigenvalue weighted by Crippen LogP contribution is 2.32. The molecule has 23 heavy (non-hydrogen) atoms. The fourth-order valence-electron chi connectivity index (χ4n) is 1.63. The van der Waals surface area contributed by atoms with E-state index in [-0.39, 0.29) is 5.97 Å². The van der Waals surface area contributed by atoms with Gasteiger partial charge in [0.1, 0.15) is 16.1 Å². The van der Waals surface area contributed by atoms with Crippen LogP contribution in [0.1, 0.15) is 29.8 Å². The van der Waals surface area contributed by atoms with Gasteiger partial charge in [-0.1, -0.05) is 25.2 Å². The molecule has 0 atom stereocenters. The fourth-order valence-corrected chi connectivity index (χ4v) is 2.32. The summed E-state index contributed by atoms with van der Waals surface area (Å²) in [5.74, 6) is -0.0598. The first-order valence-electron chi connectivity index (χ1n) is 6.98. The number of ether oxygens (including phenoxy) is 1. The van der Waals surface area contributed by atoms with Crippen LogP contribution in [0.2, 0.25) is 0 Å². The Balaban J connectivity index is 2.03. The van der Waals surface area contributed by atoms with Crippen LogP contribution in [0, 0.1) is 17.2 Å². The molecule has 1 aromatic heterocycles. The van der Waals surface area contributed by atoms with E-state index in [9.17, 15) is 4.79 Å². The Kier molecular flexibility index (Phi) is 5.44. The van der Waals surface area contributed by atoms with Crippen molar-refractivity contribution < 1.29 is 9.53 Å². The van der Waals surface area contributed by atoms with Crippen molar-refractivity contribution in [1.82, 2.24) is 0 Å². The zero-order valence-electron chi connectivity index (χ0n) is 12.8. The molecule has 0 aliphatic carbocycles. The van der Waals surface area contributed by atoms with Gasteiger partial charge in [0.2, 0.25) is 0 Å². The Labute approximate surface area is 138 Å². The Morgan fingerprint density at radius 3 is 2.61 bits per heavy atom. The summed E-state index contributed by atoms with van der Waals surface area (Å²) in [7, 11) is 0. The van der Waals surface area contributed by atoms with E-state index in [0.717, 1.165) is 0 Å². The lowest BCUT2D eigenvalue weighted by atomic mass is 10.2. The van der Waals surface area contributed by atoms with Crippen LogP contribution in [0.25, 0.3) is 0 Å². The van der Waals surface area contributed by atoms with Gasteiger partial charge in [0, 0.05) is 0 Å². The van der Waals surface area contributed by atoms with Crippen LogP contribution >= 0.6 is 11.3 Å². The molecule has 7 heteroatoms. The number of nitrogens with two attached hydrogens (primary N) is 1. The van der Waals surface area contributed by atoms with Crippen LogP contribution in [0.5, 0.6) is 0 Å². The highest BCUT2D eigenvalue weighted by Gasteiger charge is 2.08. The molecule has 0 bridgehead atoms. The highest BCUT2D eigenvalue weighted by atomic mass is 32.1. The lowest BCUT2D eigenvalue weighted by Gasteiger charge is -2.06. The summed E-state index contributed by atoms with van der Waals surface area (Å²) < 4.78 is 5.15. The van der Waals surface area contributed by atoms with E-state index in [4.69, 9.17) is 15.7 Å². The molecule has 1 aromatic carbocycles. The van der Waals surface area contributed by atoms with Gasteiger partial charge in [0.05, 0.1) is 23.4 Å². The summed E-state index contributed by atoms with van der Waals surface area (Å²) >= 11 is 1.20. The monoisotopic (exact) mass is 328 g/mol. The number of nitrogens with zero attached hydrogens (tertiary/aromatic N) is 3. The van der Waals surface area contributed by atoms with Gasteiger partial charge < -0.3 is 10.5 Å². The normalized spacial score (nSPS) is 10.9. The lowest BCUT2D eigenvalue weighted by Crippen LogP contribution is -2.09. The number of carbonyl (C=O) groups excluding carboxylic acids is 1. The van der Waals surface area contributed by atoms with Gasteiger partial charge in [-0.15, -0.1) is 10.2 Å². The van der Waals surface area contributed by atoms with Crippen molar-refractivity contribution in [3.63, 3.8) is 0 Å². The Bertz CT molecular complexity index is 757. The predicted octanol–water partition coefficient (Wildman–Crippen LogP) is 4.43. The van der Waals surface area contributed by atoms with E-state index >= 15 is 0 Å². The van der Waals surface area contributed by atoms with Gasteiger partial charge in [-0.05, 0) is 36.2 Å². The zero-order valence-corrected chi connectivity index (χ0v) is 13.6. The van der Waals surface area contributed by atoms with Crippen LogP contribution in [0.3, 0.4) is 0 Å². The number of azo groups is 1. The molecule has 0 saturated carbocycles. The Morgan fingerprint density at radius 2 is 2.04 bits per heavy atom. The maximum absolute atomic E-state index is 11.8. The van der Waals surface area contributed by atoms with Crippen LogP contribution in [0.4, 0.5) is 15.7 Å². The van der Waals surface area contributed by atoms with Gasteiger partial charge in [-0.3, -0.25) is 0 Å². The van der Waals surface area contributed by atoms with Crippen molar-refractivity contribution in [2.24, 2.45) is 16.1 Å². The lowest BCUT2D eigenvalue weighted by molar-refractivity contribution is 0.0459. The standard InChI is InChI=1S/C16H16N4O2S/c1-10(2)9-22-16(21)11-3-5-13(6-4-11)19-20-14-7-12(8-17)15(18)23-14/h3-7,10H,9,18H2,1-2H3. The van der Waals surface area contributed by atoms with Crippen molar-refractivity contribution in [2.75, 3.05) is 12.3 Å². The Morgan fingerprint density at radius 1 is 1.35 bits per heavy atom. The molecule has 0 aliphatic rings. The molecule has 2 aromatic rings. The van der Waals surface area contributed by atoms with Crippen LogP contribution in [0.15, 0.2) is 40.6 Å². The van der Waals surface area contributed by atoms with Crippen LogP contribution in [-0.4, -0.2) is 12.6 Å². The molecular formula is C16H16N4O2S. The molecular weight excluding hydrogens is 312 g/mol. The van der Waals surface area contributed by atoms with Gasteiger partial charge in [-0.2, -0.15) is 5.26 Å². The quantitative estimate of drug-likeness (QED) is 0.648. The number of hydrogen-bond donors (Lipinski definition) is 1. The summed E-state index contributed by atoms with van der Waals surface area (Å²) in [4.78, 5) is 11.8. The summed E-state index contributed by atoms with van der Waals surface area (Å²) in [6.07, 6.45) is 0. The van der Waals surface area contributed by atoms with Crippen LogP contribution < -0.4 is 5.73 Å². The Hall–Kier alpha value is -2.72. The summed E-state index contributed by atoms with van der Waals surface area (Å²) in [6, 6.07) is 10.2. The molecule has 6 nitrogen and oxygen atoms in total. The molecule has 2 N–H and O–H groups in total. The average molecular weight is 328 g/mol. The molecule has 0 amide bonds. The summed E-state index contributed by atoms with van der Waals surface area (Å²) in [6.45, 7) is 4.35. The number of esters is 1. The maximum atomic E-state index is 11.8. The van der Waals surface area contributed by atoms with E-state index < -0.39 is 0 Å². The van der Waals surface area contributed by atoms with Gasteiger partial charge in [-0.25, -0.2) is 4.79 Å². The van der Waals surface area contributed by atoms with E-state index in [1.54, 1.807) is 30.3 Å². The highest BCUT2D eigenvalue weighted by molar-refractivity contribution is 7.19. The first-order chi connectivity index (χ1) is 11.0. The third kappa shape index (κ3) is 4.63. The number of thiophene rings is 1. The van der Waals surface area contributed by atoms with Gasteiger partial charge >= 0.3 is 5.97 Å². The third-order valence-corrected chi connectivity index (χ3v) is 3.63. The first-order valence-corrected chi connectivity index (χ1v) is 7.79. The number of anilines is 1. The van der Waals surface area contributed by atoms with E-state index in [0.29, 0.717) is 39.3 Å². The molecule has 0 spiro atoms. The predicted molar refractivity (Wildman–Crippen MR) is 89.2 cm³/mol. The fraction of sp³-hybridized carbons (Fsp3) is 0.250. The largest absolute Gasteiger partial charge is 0.462 e. The summed E-state index contributed by atoms with van der Waals surface area (Å²) in [5, 5.41) is 17.9. The van der Waals surface area contributed by atoms with Crippen LogP contribution in [-0.2, 0) is 4.74 Å². The maximum Gasteiger partial charge on any atom is 0.338 e. The number of nitriles is 1. The van der Waals surface area contributed by atoms with Gasteiger partial charge in [0.25, 0.3) is 0 Å². The number of rotatable bonds is 5. The topological polar surface area (TPSA) is 101 Å². The number of hydrogen-bond acceptors (Lipinski definition) is 7. The molecule has 1 heterocycles. The van der Waals surface area contributed by atoms with Crippen molar-refractivity contribution in [2.45, 2.75) is 13.8 Å². The third-order valence-electron chi connectivity index (χ3n) is 2.78. The minimum absolute atomic E-state index is 0.295. The molecule has 0 fully saturated rings. The second kappa shape index (κ2) is 7.51. The molecule has 2 rings (SSSR count). The number of nitrogen functional groups attached to an aromatic ring is 1. The number of carbonyl (C=O) groups is 1. The number of benzene rings is 1. The second-order valence-electron chi connectivity index (χ2n) is 5.21. The van der Waals surface area contributed by atoms with Crippen molar-refractivity contribution in [1.29, 1.82) is 5.26 Å². The van der Waals surface area contributed by atoms with E-state index in [1.165, 1.54) is 11.3 Å². The molecule has 118 valence electrons. The van der Waals surface area contributed by atoms with Gasteiger partial charge in [0.15, 0.2) is 0 Å². The molecule has 0 aliphatic heterocycles. The van der Waals surface area contributed by atoms with Crippen molar-refractivity contribution in [3.8, 4) is 6.07 Å². The smallest absolute Gasteiger partial charge is 0.338 e. The molecule has 0 unspecified atom stereocenters. The first kappa shape index (κ1) is 16.6. The SMILES string of the molecule is CC(C)COC(=O)c1ccc(N=Nc2cc(C#N)c(N)s2)cc1. The summed E-state index contributed by atoms with van der Waals surface area (Å²) in [5.41, 5.74) is 7.12.